The molecule has 0 radical (unpaired) electrons. The number of fused-ring (bicyclic) bond motifs is 3. The second kappa shape index (κ2) is 5.66. The zero-order chi connectivity index (χ0) is 15.0. The number of aldehydes is 1. The number of hydrogen-bond donors (Lipinski definition) is 1. The Balaban J connectivity index is 1.97. The van der Waals surface area contributed by atoms with Crippen molar-refractivity contribution in [2.45, 2.75) is 24.9 Å². The molecule has 2 heterocycles. The molecule has 5 nitrogen and oxygen atoms in total. The molecule has 1 fully saturated rings. The number of rotatable bonds is 3. The molecule has 1 aromatic carbocycles. The summed E-state index contributed by atoms with van der Waals surface area (Å²) in [6.07, 6.45) is 2.78. The van der Waals surface area contributed by atoms with Crippen LogP contribution < -0.4 is 15.2 Å². The van der Waals surface area contributed by atoms with Gasteiger partial charge in [0, 0.05) is 31.1 Å². The lowest BCUT2D eigenvalue weighted by Crippen LogP contribution is -2.51. The number of benzene rings is 1. The van der Waals surface area contributed by atoms with Gasteiger partial charge < -0.3 is 20.0 Å². The average molecular weight is 290 g/mol. The van der Waals surface area contributed by atoms with Gasteiger partial charge in [0.05, 0.1) is 14.2 Å². The Bertz CT molecular complexity index is 547. The van der Waals surface area contributed by atoms with Crippen LogP contribution in [0.3, 0.4) is 0 Å². The summed E-state index contributed by atoms with van der Waals surface area (Å²) in [5, 5.41) is 0. The molecule has 0 amide bonds. The maximum Gasteiger partial charge on any atom is 0.161 e. The smallest absolute Gasteiger partial charge is 0.161 e. The zero-order valence-electron chi connectivity index (χ0n) is 12.5. The Morgan fingerprint density at radius 2 is 2.00 bits per heavy atom. The van der Waals surface area contributed by atoms with Crippen molar-refractivity contribution >= 4 is 6.29 Å². The SMILES string of the molecule is COc1cc2c(cc1OC)[C@@H]1C[C@H](N)[C@@H](C=O)CN1CC2. The van der Waals surface area contributed by atoms with Crippen LogP contribution in [0.25, 0.3) is 0 Å². The number of hydrogen-bond acceptors (Lipinski definition) is 5. The molecule has 0 aliphatic carbocycles. The third-order valence-corrected chi connectivity index (χ3v) is 4.78. The minimum absolute atomic E-state index is 0.0528. The molecule has 3 atom stereocenters. The molecule has 0 bridgehead atoms. The van der Waals surface area contributed by atoms with Gasteiger partial charge in [0.25, 0.3) is 0 Å². The summed E-state index contributed by atoms with van der Waals surface area (Å²) in [5.74, 6) is 1.47. The van der Waals surface area contributed by atoms with E-state index in [4.69, 9.17) is 15.2 Å². The zero-order valence-corrected chi connectivity index (χ0v) is 12.5. The summed E-state index contributed by atoms with van der Waals surface area (Å²) in [5.41, 5.74) is 8.73. The van der Waals surface area contributed by atoms with Crippen molar-refractivity contribution in [1.29, 1.82) is 0 Å². The van der Waals surface area contributed by atoms with Crippen LogP contribution in [-0.4, -0.2) is 44.5 Å². The van der Waals surface area contributed by atoms with Crippen molar-refractivity contribution in [3.8, 4) is 11.5 Å². The Kier molecular flexibility index (Phi) is 3.87. The third-order valence-electron chi connectivity index (χ3n) is 4.78. The summed E-state index contributed by atoms with van der Waals surface area (Å²) in [6.45, 7) is 1.72. The molecular weight excluding hydrogens is 268 g/mol. The molecule has 1 aromatic rings. The average Bonchev–Trinajstić information content (AvgIpc) is 2.52. The lowest BCUT2D eigenvalue weighted by atomic mass is 9.81. The fraction of sp³-hybridized carbons (Fsp3) is 0.562. The number of methoxy groups -OCH3 is 2. The van der Waals surface area contributed by atoms with Crippen LogP contribution >= 0.6 is 0 Å². The first-order chi connectivity index (χ1) is 10.2. The van der Waals surface area contributed by atoms with Gasteiger partial charge in [0.1, 0.15) is 6.29 Å². The van der Waals surface area contributed by atoms with E-state index in [0.29, 0.717) is 0 Å². The molecule has 2 aliphatic heterocycles. The number of nitrogens with two attached hydrogens (primary N) is 1. The highest BCUT2D eigenvalue weighted by Crippen LogP contribution is 2.42. The minimum Gasteiger partial charge on any atom is -0.493 e. The Hall–Kier alpha value is -1.59. The predicted molar refractivity (Wildman–Crippen MR) is 79.7 cm³/mol. The lowest BCUT2D eigenvalue weighted by molar-refractivity contribution is -0.113. The monoisotopic (exact) mass is 290 g/mol. The van der Waals surface area contributed by atoms with Gasteiger partial charge in [0.15, 0.2) is 11.5 Å². The number of nitrogens with zero attached hydrogens (tertiary/aromatic N) is 1. The molecule has 114 valence electrons. The normalized spacial score (nSPS) is 28.4. The van der Waals surface area contributed by atoms with Crippen LogP contribution in [0.15, 0.2) is 12.1 Å². The van der Waals surface area contributed by atoms with E-state index >= 15 is 0 Å². The standard InChI is InChI=1S/C16H22N2O3/c1-20-15-5-10-3-4-18-8-11(9-19)13(17)7-14(18)12(10)6-16(15)21-2/h5-6,9,11,13-14H,3-4,7-8,17H2,1-2H3/t11-,13+,14+/m1/s1. The van der Waals surface area contributed by atoms with E-state index in [-0.39, 0.29) is 18.0 Å². The van der Waals surface area contributed by atoms with E-state index in [0.717, 1.165) is 43.7 Å². The summed E-state index contributed by atoms with van der Waals surface area (Å²) in [7, 11) is 3.31. The molecule has 1 saturated heterocycles. The molecule has 0 unspecified atom stereocenters. The Labute approximate surface area is 125 Å². The molecule has 5 heteroatoms. The van der Waals surface area contributed by atoms with E-state index in [1.165, 1.54) is 11.1 Å². The van der Waals surface area contributed by atoms with E-state index in [2.05, 4.69) is 17.0 Å². The molecule has 3 rings (SSSR count). The van der Waals surface area contributed by atoms with Crippen molar-refractivity contribution in [3.63, 3.8) is 0 Å². The van der Waals surface area contributed by atoms with Gasteiger partial charge >= 0.3 is 0 Å². The quantitative estimate of drug-likeness (QED) is 0.846. The van der Waals surface area contributed by atoms with Gasteiger partial charge in [-0.1, -0.05) is 0 Å². The summed E-state index contributed by atoms with van der Waals surface area (Å²) in [6, 6.07) is 4.35. The summed E-state index contributed by atoms with van der Waals surface area (Å²) in [4.78, 5) is 13.5. The van der Waals surface area contributed by atoms with Crippen LogP contribution in [-0.2, 0) is 11.2 Å². The second-order valence-electron chi connectivity index (χ2n) is 5.87. The molecule has 0 aromatic heterocycles. The molecule has 0 spiro atoms. The maximum absolute atomic E-state index is 11.1. The van der Waals surface area contributed by atoms with E-state index in [9.17, 15) is 4.79 Å². The van der Waals surface area contributed by atoms with Crippen LogP contribution in [0.5, 0.6) is 11.5 Å². The Morgan fingerprint density at radius 3 is 2.67 bits per heavy atom. The first kappa shape index (κ1) is 14.4. The van der Waals surface area contributed by atoms with Crippen molar-refractivity contribution in [2.24, 2.45) is 11.7 Å². The van der Waals surface area contributed by atoms with E-state index in [1.54, 1.807) is 14.2 Å². The van der Waals surface area contributed by atoms with Crippen LogP contribution in [0, 0.1) is 5.92 Å². The van der Waals surface area contributed by atoms with Crippen LogP contribution in [0.2, 0.25) is 0 Å². The van der Waals surface area contributed by atoms with Gasteiger partial charge in [-0.05, 0) is 36.1 Å². The highest BCUT2D eigenvalue weighted by atomic mass is 16.5. The number of piperidine rings is 1. The molecular formula is C16H22N2O3. The second-order valence-corrected chi connectivity index (χ2v) is 5.87. The fourth-order valence-corrected chi connectivity index (χ4v) is 3.56. The van der Waals surface area contributed by atoms with Crippen molar-refractivity contribution in [2.75, 3.05) is 27.3 Å². The number of ether oxygens (including phenoxy) is 2. The highest BCUT2D eigenvalue weighted by molar-refractivity contribution is 5.56. The van der Waals surface area contributed by atoms with Crippen molar-refractivity contribution < 1.29 is 14.3 Å². The molecule has 2 aliphatic rings. The van der Waals surface area contributed by atoms with E-state index < -0.39 is 0 Å². The Morgan fingerprint density at radius 1 is 1.29 bits per heavy atom. The summed E-state index contributed by atoms with van der Waals surface area (Å²) >= 11 is 0. The molecule has 0 saturated carbocycles. The lowest BCUT2D eigenvalue weighted by Gasteiger charge is -2.45. The maximum atomic E-state index is 11.1. The predicted octanol–water partition coefficient (Wildman–Crippen LogP) is 1.15. The van der Waals surface area contributed by atoms with Gasteiger partial charge in [-0.2, -0.15) is 0 Å². The minimum atomic E-state index is -0.0669. The molecule has 21 heavy (non-hydrogen) atoms. The van der Waals surface area contributed by atoms with Crippen molar-refractivity contribution in [1.82, 2.24) is 4.90 Å². The highest BCUT2D eigenvalue weighted by Gasteiger charge is 2.37. The first-order valence-electron chi connectivity index (χ1n) is 7.37. The summed E-state index contributed by atoms with van der Waals surface area (Å²) < 4.78 is 10.8. The molecule has 2 N–H and O–H groups in total. The fourth-order valence-electron chi connectivity index (χ4n) is 3.56. The first-order valence-corrected chi connectivity index (χ1v) is 7.37. The van der Waals surface area contributed by atoms with Crippen molar-refractivity contribution in [3.05, 3.63) is 23.3 Å². The van der Waals surface area contributed by atoms with Crippen LogP contribution in [0.4, 0.5) is 0 Å². The topological polar surface area (TPSA) is 64.8 Å². The third kappa shape index (κ3) is 2.40. The van der Waals surface area contributed by atoms with Gasteiger partial charge in [-0.3, -0.25) is 4.90 Å². The van der Waals surface area contributed by atoms with Crippen LogP contribution in [0.1, 0.15) is 23.6 Å². The number of carbonyl (C=O) groups is 1. The largest absolute Gasteiger partial charge is 0.493 e. The van der Waals surface area contributed by atoms with Gasteiger partial charge in [0.2, 0.25) is 0 Å². The van der Waals surface area contributed by atoms with E-state index in [1.807, 2.05) is 0 Å². The number of carbonyl (C=O) groups excluding carboxylic acids is 1. The van der Waals surface area contributed by atoms with Gasteiger partial charge in [-0.25, -0.2) is 0 Å². The van der Waals surface area contributed by atoms with Gasteiger partial charge in [-0.15, -0.1) is 0 Å².